The van der Waals surface area contributed by atoms with Crippen LogP contribution in [0.1, 0.15) is 20.8 Å². The lowest BCUT2D eigenvalue weighted by atomic mass is 10.1. The van der Waals surface area contributed by atoms with E-state index in [1.54, 1.807) is 48.5 Å². The maximum atomic E-state index is 13.3. The maximum Gasteiger partial charge on any atom is 0.321 e. The molecule has 1 heterocycles. The van der Waals surface area contributed by atoms with Crippen molar-refractivity contribution in [2.45, 2.75) is 31.5 Å². The van der Waals surface area contributed by atoms with E-state index in [0.29, 0.717) is 27.5 Å². The molecule has 9 heteroatoms. The number of ether oxygens (including phenoxy) is 1. The van der Waals surface area contributed by atoms with Gasteiger partial charge in [0.1, 0.15) is 5.75 Å². The minimum Gasteiger partial charge on any atom is -0.495 e. The molecule has 162 valence electrons. The van der Waals surface area contributed by atoms with Crippen LogP contribution in [0, 0.1) is 0 Å². The number of methoxy groups -OCH3 is 1. The van der Waals surface area contributed by atoms with Crippen LogP contribution in [-0.4, -0.2) is 39.9 Å². The molecule has 1 aromatic heterocycles. The number of aromatic nitrogens is 2. The van der Waals surface area contributed by atoms with E-state index < -0.39 is 17.5 Å². The Hall–Kier alpha value is -3.33. The van der Waals surface area contributed by atoms with Crippen molar-refractivity contribution in [3.8, 4) is 11.4 Å². The van der Waals surface area contributed by atoms with Gasteiger partial charge in [-0.15, -0.1) is 0 Å². The molecule has 0 aliphatic rings. The lowest BCUT2D eigenvalue weighted by Gasteiger charge is -2.20. The highest BCUT2D eigenvalue weighted by molar-refractivity contribution is 7.99. The summed E-state index contributed by atoms with van der Waals surface area (Å²) in [6.45, 7) is 5.45. The molecular formula is C22H24N4O4S. The summed E-state index contributed by atoms with van der Waals surface area (Å²) in [5, 5.41) is 5.73. The third kappa shape index (κ3) is 5.43. The fourth-order valence-corrected chi connectivity index (χ4v) is 3.71. The molecule has 0 unspecified atom stereocenters. The van der Waals surface area contributed by atoms with Crippen LogP contribution in [0.15, 0.2) is 58.5 Å². The van der Waals surface area contributed by atoms with Gasteiger partial charge in [0.25, 0.3) is 5.56 Å². The molecule has 0 saturated carbocycles. The van der Waals surface area contributed by atoms with Crippen molar-refractivity contribution in [1.82, 2.24) is 20.2 Å². The largest absolute Gasteiger partial charge is 0.495 e. The molecule has 0 radical (unpaired) electrons. The number of carbonyl (C=O) groups excluding carboxylic acids is 2. The Morgan fingerprint density at radius 3 is 2.48 bits per heavy atom. The van der Waals surface area contributed by atoms with E-state index in [1.807, 2.05) is 20.8 Å². The quantitative estimate of drug-likeness (QED) is 0.467. The topological polar surface area (TPSA) is 102 Å². The summed E-state index contributed by atoms with van der Waals surface area (Å²) < 4.78 is 6.84. The summed E-state index contributed by atoms with van der Waals surface area (Å²) in [6, 6.07) is 13.5. The van der Waals surface area contributed by atoms with Gasteiger partial charge in [-0.2, -0.15) is 0 Å². The number of urea groups is 1. The second kappa shape index (κ2) is 9.22. The highest BCUT2D eigenvalue weighted by atomic mass is 32.2. The number of carbonyl (C=O) groups is 2. The van der Waals surface area contributed by atoms with Gasteiger partial charge >= 0.3 is 6.03 Å². The predicted octanol–water partition coefficient (Wildman–Crippen LogP) is 3.11. The number of benzene rings is 2. The van der Waals surface area contributed by atoms with Crippen LogP contribution in [0.25, 0.3) is 16.6 Å². The van der Waals surface area contributed by atoms with Crippen LogP contribution >= 0.6 is 11.8 Å². The van der Waals surface area contributed by atoms with Crippen LogP contribution in [0.2, 0.25) is 0 Å². The first-order chi connectivity index (χ1) is 14.7. The molecule has 0 spiro atoms. The molecule has 0 atom stereocenters. The minimum absolute atomic E-state index is 0.0997. The van der Waals surface area contributed by atoms with Crippen LogP contribution in [0.4, 0.5) is 4.79 Å². The number of fused-ring (bicyclic) bond motifs is 1. The molecule has 31 heavy (non-hydrogen) atoms. The van der Waals surface area contributed by atoms with Crippen molar-refractivity contribution in [3.05, 3.63) is 58.9 Å². The second-order valence-electron chi connectivity index (χ2n) is 7.76. The van der Waals surface area contributed by atoms with Crippen molar-refractivity contribution in [3.63, 3.8) is 0 Å². The zero-order valence-corrected chi connectivity index (χ0v) is 18.6. The summed E-state index contributed by atoms with van der Waals surface area (Å²) in [5.74, 6) is -0.101. The van der Waals surface area contributed by atoms with Gasteiger partial charge in [0, 0.05) is 5.54 Å². The first-order valence-electron chi connectivity index (χ1n) is 9.59. The number of nitrogens with one attached hydrogen (secondary N) is 2. The Labute approximate surface area is 184 Å². The molecule has 3 amide bonds. The fraction of sp³-hybridized carbons (Fsp3) is 0.273. The van der Waals surface area contributed by atoms with Crippen molar-refractivity contribution < 1.29 is 14.3 Å². The van der Waals surface area contributed by atoms with E-state index in [-0.39, 0.29) is 11.3 Å². The Kier molecular flexibility index (Phi) is 6.65. The maximum absolute atomic E-state index is 13.3. The van der Waals surface area contributed by atoms with Crippen LogP contribution in [0.3, 0.4) is 0 Å². The van der Waals surface area contributed by atoms with Gasteiger partial charge in [0.2, 0.25) is 5.91 Å². The predicted molar refractivity (Wildman–Crippen MR) is 121 cm³/mol. The van der Waals surface area contributed by atoms with E-state index in [4.69, 9.17) is 4.74 Å². The SMILES string of the molecule is COc1ccccc1-n1c(SCC(=O)NC(=O)NC(C)(C)C)nc2ccccc2c1=O. The monoisotopic (exact) mass is 440 g/mol. The smallest absolute Gasteiger partial charge is 0.321 e. The van der Waals surface area contributed by atoms with Gasteiger partial charge in [-0.05, 0) is 45.0 Å². The van der Waals surface area contributed by atoms with E-state index >= 15 is 0 Å². The molecule has 3 rings (SSSR count). The molecular weight excluding hydrogens is 416 g/mol. The number of hydrogen-bond donors (Lipinski definition) is 2. The second-order valence-corrected chi connectivity index (χ2v) is 8.71. The lowest BCUT2D eigenvalue weighted by molar-refractivity contribution is -0.117. The van der Waals surface area contributed by atoms with Gasteiger partial charge in [0.05, 0.1) is 29.5 Å². The van der Waals surface area contributed by atoms with E-state index in [2.05, 4.69) is 15.6 Å². The molecule has 2 N–H and O–H groups in total. The number of thioether (sulfide) groups is 1. The number of hydrogen-bond acceptors (Lipinski definition) is 6. The summed E-state index contributed by atoms with van der Waals surface area (Å²) in [4.78, 5) is 42.1. The first kappa shape index (κ1) is 22.4. The molecule has 3 aromatic rings. The van der Waals surface area contributed by atoms with Crippen LogP contribution in [-0.2, 0) is 4.79 Å². The van der Waals surface area contributed by atoms with Gasteiger partial charge in [-0.25, -0.2) is 9.78 Å². The van der Waals surface area contributed by atoms with Gasteiger partial charge < -0.3 is 10.1 Å². The average molecular weight is 441 g/mol. The molecule has 0 fully saturated rings. The van der Waals surface area contributed by atoms with Gasteiger partial charge in [-0.3, -0.25) is 19.5 Å². The first-order valence-corrected chi connectivity index (χ1v) is 10.6. The highest BCUT2D eigenvalue weighted by Crippen LogP contribution is 2.26. The van der Waals surface area contributed by atoms with Crippen LogP contribution in [0.5, 0.6) is 5.75 Å². The standard InChI is InChI=1S/C22H24N4O4S/c1-22(2,3)25-20(29)24-18(27)13-31-21-23-15-10-6-5-9-14(15)19(28)26(21)16-11-7-8-12-17(16)30-4/h5-12H,13H2,1-4H3,(H2,24,25,27,29). The van der Waals surface area contributed by atoms with Gasteiger partial charge in [-0.1, -0.05) is 36.0 Å². The van der Waals surface area contributed by atoms with Gasteiger partial charge in [0.15, 0.2) is 5.16 Å². The number of para-hydroxylation sites is 3. The van der Waals surface area contributed by atoms with Crippen molar-refractivity contribution >= 4 is 34.6 Å². The summed E-state index contributed by atoms with van der Waals surface area (Å²) in [7, 11) is 1.52. The molecule has 0 saturated heterocycles. The third-order valence-corrected chi connectivity index (χ3v) is 5.08. The molecule has 0 bridgehead atoms. The molecule has 8 nitrogen and oxygen atoms in total. The van der Waals surface area contributed by atoms with E-state index in [1.165, 1.54) is 11.7 Å². The van der Waals surface area contributed by atoms with Crippen molar-refractivity contribution in [1.29, 1.82) is 0 Å². The summed E-state index contributed by atoms with van der Waals surface area (Å²) in [6.07, 6.45) is 0. The summed E-state index contributed by atoms with van der Waals surface area (Å²) in [5.41, 5.74) is 0.291. The van der Waals surface area contributed by atoms with E-state index in [9.17, 15) is 14.4 Å². The van der Waals surface area contributed by atoms with E-state index in [0.717, 1.165) is 11.8 Å². The van der Waals surface area contributed by atoms with Crippen molar-refractivity contribution in [2.24, 2.45) is 0 Å². The van der Waals surface area contributed by atoms with Crippen LogP contribution < -0.4 is 20.9 Å². The normalized spacial score (nSPS) is 11.2. The number of rotatable bonds is 5. The molecule has 0 aliphatic heterocycles. The Bertz CT molecular complexity index is 1180. The Morgan fingerprint density at radius 1 is 1.10 bits per heavy atom. The van der Waals surface area contributed by atoms with Crippen molar-refractivity contribution in [2.75, 3.05) is 12.9 Å². The minimum atomic E-state index is -0.577. The molecule has 2 aromatic carbocycles. The number of amides is 3. The third-order valence-electron chi connectivity index (χ3n) is 4.14. The zero-order valence-electron chi connectivity index (χ0n) is 17.8. The summed E-state index contributed by atoms with van der Waals surface area (Å²) >= 11 is 1.06. The number of nitrogens with zero attached hydrogens (tertiary/aromatic N) is 2. The fourth-order valence-electron chi connectivity index (χ4n) is 2.90. The molecule has 0 aliphatic carbocycles. The highest BCUT2D eigenvalue weighted by Gasteiger charge is 2.19. The lowest BCUT2D eigenvalue weighted by Crippen LogP contribution is -2.48. The average Bonchev–Trinajstić information content (AvgIpc) is 2.71. The Morgan fingerprint density at radius 2 is 1.77 bits per heavy atom. The zero-order chi connectivity index (χ0) is 22.6. The Balaban J connectivity index is 1.95. The number of imide groups is 1.